The standard InChI is InChI=1S/C19H22BrFN4O2/c1-18(2,3)27-17(26)25(16-23-10-13(20)11-24-16)12-19(7-5-8-19)15-14(21)6-4-9-22-15/h4,6,9-11H,5,7-8,12H2,1-3H3. The molecule has 2 aromatic heterocycles. The second-order valence-electron chi connectivity index (χ2n) is 7.74. The molecule has 0 aromatic carbocycles. The van der Waals surface area contributed by atoms with Crippen LogP contribution in [0.2, 0.25) is 0 Å². The van der Waals surface area contributed by atoms with Crippen molar-refractivity contribution in [3.05, 3.63) is 46.7 Å². The lowest BCUT2D eigenvalue weighted by Gasteiger charge is -2.44. The van der Waals surface area contributed by atoms with E-state index in [4.69, 9.17) is 4.74 Å². The van der Waals surface area contributed by atoms with E-state index in [9.17, 15) is 9.18 Å². The van der Waals surface area contributed by atoms with Crippen LogP contribution in [0.15, 0.2) is 35.2 Å². The summed E-state index contributed by atoms with van der Waals surface area (Å²) in [7, 11) is 0. The van der Waals surface area contributed by atoms with Gasteiger partial charge in [-0.2, -0.15) is 0 Å². The summed E-state index contributed by atoms with van der Waals surface area (Å²) in [5.74, 6) is -0.145. The van der Waals surface area contributed by atoms with Crippen molar-refractivity contribution in [3.63, 3.8) is 0 Å². The zero-order chi connectivity index (χ0) is 19.7. The number of anilines is 1. The highest BCUT2D eigenvalue weighted by Crippen LogP contribution is 2.45. The van der Waals surface area contributed by atoms with Gasteiger partial charge >= 0.3 is 6.09 Å². The van der Waals surface area contributed by atoms with Crippen molar-refractivity contribution >= 4 is 28.0 Å². The Hall–Kier alpha value is -2.09. The molecule has 0 radical (unpaired) electrons. The van der Waals surface area contributed by atoms with Crippen molar-refractivity contribution in [2.75, 3.05) is 11.4 Å². The molecule has 1 saturated carbocycles. The summed E-state index contributed by atoms with van der Waals surface area (Å²) in [5.41, 5.74) is -0.867. The van der Waals surface area contributed by atoms with E-state index >= 15 is 0 Å². The summed E-state index contributed by atoms with van der Waals surface area (Å²) in [5, 5.41) is 0. The smallest absolute Gasteiger partial charge is 0.417 e. The Morgan fingerprint density at radius 3 is 2.48 bits per heavy atom. The van der Waals surface area contributed by atoms with Crippen LogP contribution in [-0.2, 0) is 10.2 Å². The van der Waals surface area contributed by atoms with Crippen molar-refractivity contribution in [2.24, 2.45) is 0 Å². The molecule has 0 spiro atoms. The molecule has 0 N–H and O–H groups in total. The predicted molar refractivity (Wildman–Crippen MR) is 103 cm³/mol. The quantitative estimate of drug-likeness (QED) is 0.698. The van der Waals surface area contributed by atoms with Gasteiger partial charge < -0.3 is 4.74 Å². The molecule has 1 fully saturated rings. The molecule has 27 heavy (non-hydrogen) atoms. The molecule has 2 heterocycles. The first-order chi connectivity index (χ1) is 12.7. The second-order valence-corrected chi connectivity index (χ2v) is 8.65. The first kappa shape index (κ1) is 19.7. The number of amides is 1. The lowest BCUT2D eigenvalue weighted by Crippen LogP contribution is -2.50. The summed E-state index contributed by atoms with van der Waals surface area (Å²) < 4.78 is 20.7. The summed E-state index contributed by atoms with van der Waals surface area (Å²) >= 11 is 3.29. The number of halogens is 2. The Labute approximate surface area is 166 Å². The zero-order valence-corrected chi connectivity index (χ0v) is 17.2. The molecule has 0 aliphatic heterocycles. The molecular weight excluding hydrogens is 415 g/mol. The molecule has 0 atom stereocenters. The average molecular weight is 437 g/mol. The van der Waals surface area contributed by atoms with Gasteiger partial charge in [-0.05, 0) is 61.7 Å². The van der Waals surface area contributed by atoms with Gasteiger partial charge in [-0.3, -0.25) is 4.98 Å². The first-order valence-electron chi connectivity index (χ1n) is 8.79. The SMILES string of the molecule is CC(C)(C)OC(=O)N(CC1(c2ncccc2F)CCC1)c1ncc(Br)cn1. The minimum Gasteiger partial charge on any atom is -0.443 e. The number of pyridine rings is 1. The fourth-order valence-corrected chi connectivity index (χ4v) is 3.34. The Bertz CT molecular complexity index is 819. The highest BCUT2D eigenvalue weighted by atomic mass is 79.9. The lowest BCUT2D eigenvalue weighted by molar-refractivity contribution is 0.0556. The molecule has 6 nitrogen and oxygen atoms in total. The average Bonchev–Trinajstić information content (AvgIpc) is 2.55. The van der Waals surface area contributed by atoms with Gasteiger partial charge in [-0.25, -0.2) is 24.1 Å². The van der Waals surface area contributed by atoms with Gasteiger partial charge in [0, 0.05) is 30.6 Å². The van der Waals surface area contributed by atoms with Crippen LogP contribution in [0.3, 0.4) is 0 Å². The molecule has 2 aromatic rings. The number of carbonyl (C=O) groups excluding carboxylic acids is 1. The van der Waals surface area contributed by atoms with Crippen molar-refractivity contribution in [1.29, 1.82) is 0 Å². The number of aromatic nitrogens is 3. The van der Waals surface area contributed by atoms with Gasteiger partial charge in [0.05, 0.1) is 10.2 Å². The summed E-state index contributed by atoms with van der Waals surface area (Å²) in [6.45, 7) is 5.59. The fraction of sp³-hybridized carbons (Fsp3) is 0.474. The Kier molecular flexibility index (Phi) is 5.46. The molecule has 0 saturated heterocycles. The maximum absolute atomic E-state index is 14.4. The number of hydrogen-bond donors (Lipinski definition) is 0. The van der Waals surface area contributed by atoms with Gasteiger partial charge in [0.25, 0.3) is 0 Å². The van der Waals surface area contributed by atoms with Crippen LogP contribution in [0.5, 0.6) is 0 Å². The third kappa shape index (κ3) is 4.43. The van der Waals surface area contributed by atoms with Crippen molar-refractivity contribution in [2.45, 2.75) is 51.0 Å². The van der Waals surface area contributed by atoms with E-state index in [1.807, 2.05) is 0 Å². The summed E-state index contributed by atoms with van der Waals surface area (Å²) in [4.78, 5) is 27.0. The monoisotopic (exact) mass is 436 g/mol. The molecule has 144 valence electrons. The van der Waals surface area contributed by atoms with E-state index in [2.05, 4.69) is 30.9 Å². The van der Waals surface area contributed by atoms with Crippen LogP contribution in [-0.4, -0.2) is 33.2 Å². The minimum atomic E-state index is -0.673. The second kappa shape index (κ2) is 7.50. The Morgan fingerprint density at radius 1 is 1.30 bits per heavy atom. The minimum absolute atomic E-state index is 0.206. The van der Waals surface area contributed by atoms with Crippen LogP contribution >= 0.6 is 15.9 Å². The largest absolute Gasteiger partial charge is 0.443 e. The fourth-order valence-electron chi connectivity index (χ4n) is 3.13. The van der Waals surface area contributed by atoms with Gasteiger partial charge in [-0.15, -0.1) is 0 Å². The van der Waals surface area contributed by atoms with E-state index in [-0.39, 0.29) is 18.3 Å². The third-order valence-corrected chi connectivity index (χ3v) is 4.90. The van der Waals surface area contributed by atoms with Crippen LogP contribution in [0.25, 0.3) is 0 Å². The Morgan fingerprint density at radius 2 is 1.96 bits per heavy atom. The number of hydrogen-bond acceptors (Lipinski definition) is 5. The molecule has 1 amide bonds. The van der Waals surface area contributed by atoms with Crippen LogP contribution in [0, 0.1) is 5.82 Å². The first-order valence-corrected chi connectivity index (χ1v) is 9.59. The van der Waals surface area contributed by atoms with Gasteiger partial charge in [0.15, 0.2) is 0 Å². The molecule has 8 heteroatoms. The molecular formula is C19H22BrFN4O2. The summed E-state index contributed by atoms with van der Waals surface area (Å²) in [6, 6.07) is 2.96. The van der Waals surface area contributed by atoms with Crippen molar-refractivity contribution in [1.82, 2.24) is 15.0 Å². The zero-order valence-electron chi connectivity index (χ0n) is 15.6. The maximum Gasteiger partial charge on any atom is 0.417 e. The van der Waals surface area contributed by atoms with E-state index in [0.717, 1.165) is 19.3 Å². The van der Waals surface area contributed by atoms with E-state index in [0.29, 0.717) is 10.2 Å². The highest BCUT2D eigenvalue weighted by molar-refractivity contribution is 9.10. The van der Waals surface area contributed by atoms with Crippen LogP contribution in [0.1, 0.15) is 45.7 Å². The molecule has 1 aliphatic rings. The van der Waals surface area contributed by atoms with Crippen LogP contribution < -0.4 is 4.90 Å². The topological polar surface area (TPSA) is 68.2 Å². The highest BCUT2D eigenvalue weighted by Gasteiger charge is 2.45. The Balaban J connectivity index is 1.96. The normalized spacial score (nSPS) is 15.7. The van der Waals surface area contributed by atoms with Gasteiger partial charge in [0.2, 0.25) is 5.95 Å². The van der Waals surface area contributed by atoms with Gasteiger partial charge in [-0.1, -0.05) is 6.42 Å². The molecule has 0 bridgehead atoms. The predicted octanol–water partition coefficient (Wildman–Crippen LogP) is 4.64. The number of carbonyl (C=O) groups is 1. The van der Waals surface area contributed by atoms with Gasteiger partial charge in [0.1, 0.15) is 11.4 Å². The van der Waals surface area contributed by atoms with E-state index in [1.54, 1.807) is 45.4 Å². The third-order valence-electron chi connectivity index (χ3n) is 4.49. The lowest BCUT2D eigenvalue weighted by atomic mass is 9.66. The summed E-state index contributed by atoms with van der Waals surface area (Å²) in [6.07, 6.45) is 6.55. The number of rotatable bonds is 4. The number of ether oxygens (including phenoxy) is 1. The van der Waals surface area contributed by atoms with Crippen molar-refractivity contribution in [3.8, 4) is 0 Å². The molecule has 0 unspecified atom stereocenters. The van der Waals surface area contributed by atoms with E-state index in [1.165, 1.54) is 11.0 Å². The molecule has 3 rings (SSSR count). The van der Waals surface area contributed by atoms with E-state index < -0.39 is 17.1 Å². The molecule has 1 aliphatic carbocycles. The van der Waals surface area contributed by atoms with Crippen molar-refractivity contribution < 1.29 is 13.9 Å². The number of nitrogens with zero attached hydrogens (tertiary/aromatic N) is 4. The van der Waals surface area contributed by atoms with Crippen LogP contribution in [0.4, 0.5) is 15.1 Å². The maximum atomic E-state index is 14.4.